The first-order valence-corrected chi connectivity index (χ1v) is 15.6. The van der Waals surface area contributed by atoms with Crippen molar-refractivity contribution in [2.75, 3.05) is 51.3 Å². The molecule has 2 saturated heterocycles. The number of anilines is 1. The fourth-order valence-electron chi connectivity index (χ4n) is 5.59. The van der Waals surface area contributed by atoms with E-state index in [9.17, 15) is 31.2 Å². The van der Waals surface area contributed by atoms with Crippen LogP contribution in [-0.4, -0.2) is 75.9 Å². The summed E-state index contributed by atoms with van der Waals surface area (Å²) in [6.07, 6.45) is -4.45. The largest absolute Gasteiger partial charge is 0.465 e. The van der Waals surface area contributed by atoms with Crippen LogP contribution in [0.4, 0.5) is 18.9 Å². The molecule has 3 aromatic rings. The van der Waals surface area contributed by atoms with Gasteiger partial charge in [0.25, 0.3) is 10.0 Å². The van der Waals surface area contributed by atoms with Crippen LogP contribution in [0.25, 0.3) is 0 Å². The summed E-state index contributed by atoms with van der Waals surface area (Å²) in [6.45, 7) is 2.98. The minimum atomic E-state index is -4.45. The van der Waals surface area contributed by atoms with Crippen molar-refractivity contribution in [2.45, 2.75) is 23.2 Å². The zero-order valence-electron chi connectivity index (χ0n) is 23.0. The van der Waals surface area contributed by atoms with Gasteiger partial charge in [0.05, 0.1) is 18.6 Å². The van der Waals surface area contributed by atoms with Crippen molar-refractivity contribution in [2.24, 2.45) is 5.92 Å². The number of hydrogen-bond acceptors (Lipinski definition) is 7. The fourth-order valence-corrected chi connectivity index (χ4v) is 8.83. The number of carbonyl (C=O) groups excluding carboxylic acids is 2. The molecule has 2 atom stereocenters. The summed E-state index contributed by atoms with van der Waals surface area (Å²) in [7, 11) is -2.79. The van der Waals surface area contributed by atoms with E-state index < -0.39 is 39.6 Å². The number of sulfonamides is 1. The van der Waals surface area contributed by atoms with Crippen molar-refractivity contribution in [3.05, 3.63) is 82.2 Å². The molecule has 2 fully saturated rings. The van der Waals surface area contributed by atoms with E-state index in [0.29, 0.717) is 37.4 Å². The van der Waals surface area contributed by atoms with Gasteiger partial charge in [0.2, 0.25) is 5.91 Å². The second kappa shape index (κ2) is 11.7. The lowest BCUT2D eigenvalue weighted by atomic mass is 9.88. The van der Waals surface area contributed by atoms with E-state index in [1.807, 2.05) is 35.2 Å². The Morgan fingerprint density at radius 1 is 0.952 bits per heavy atom. The molecule has 5 rings (SSSR count). The summed E-state index contributed by atoms with van der Waals surface area (Å²) in [4.78, 5) is 29.6. The van der Waals surface area contributed by atoms with Crippen molar-refractivity contribution in [3.8, 4) is 0 Å². The Morgan fingerprint density at radius 3 is 2.29 bits per heavy atom. The standard InChI is InChI=1S/C29H30F3N3O5S2/c1-19-15-25(27(37)40-2)41-28(19)42(38,39)35-17-23(20-7-4-3-5-8-20)24(18-35)26(36)34-13-11-33(12-14-34)22-10-6-9-21(16-22)29(30,31)32/h3-10,15-16,23-24H,11-14,17-18H2,1-2H3/t23-,24+/m0/s1. The van der Waals surface area contributed by atoms with E-state index in [-0.39, 0.29) is 28.1 Å². The quantitative estimate of drug-likeness (QED) is 0.374. The van der Waals surface area contributed by atoms with Crippen LogP contribution >= 0.6 is 11.3 Å². The number of ether oxygens (including phenoxy) is 1. The predicted molar refractivity (Wildman–Crippen MR) is 152 cm³/mol. The monoisotopic (exact) mass is 621 g/mol. The minimum absolute atomic E-state index is 0.0283. The molecule has 2 aromatic carbocycles. The first kappa shape index (κ1) is 30.1. The average Bonchev–Trinajstić information content (AvgIpc) is 3.62. The van der Waals surface area contributed by atoms with Gasteiger partial charge in [-0.2, -0.15) is 17.5 Å². The van der Waals surface area contributed by atoms with Crippen molar-refractivity contribution in [1.82, 2.24) is 9.21 Å². The van der Waals surface area contributed by atoms with Crippen LogP contribution in [0.15, 0.2) is 64.9 Å². The SMILES string of the molecule is COC(=O)c1cc(C)c(S(=O)(=O)N2C[C@@H](C(=O)N3CCN(c4cccc(C(F)(F)F)c4)CC3)[C@H](c3ccccc3)C2)s1. The number of rotatable bonds is 6. The van der Waals surface area contributed by atoms with Crippen molar-refractivity contribution < 1.29 is 35.9 Å². The lowest BCUT2D eigenvalue weighted by Gasteiger charge is -2.38. The highest BCUT2D eigenvalue weighted by Crippen LogP contribution is 2.39. The summed E-state index contributed by atoms with van der Waals surface area (Å²) in [5, 5.41) is 0. The van der Waals surface area contributed by atoms with E-state index in [1.165, 1.54) is 23.5 Å². The molecule has 0 spiro atoms. The van der Waals surface area contributed by atoms with E-state index in [2.05, 4.69) is 0 Å². The minimum Gasteiger partial charge on any atom is -0.465 e. The Labute approximate surface area is 246 Å². The number of piperazine rings is 1. The molecule has 0 unspecified atom stereocenters. The third-order valence-corrected chi connectivity index (χ3v) is 11.5. The number of nitrogens with zero attached hydrogens (tertiary/aromatic N) is 3. The third kappa shape index (κ3) is 5.90. The van der Waals surface area contributed by atoms with Crippen LogP contribution in [0, 0.1) is 12.8 Å². The Kier molecular flexibility index (Phi) is 8.37. The number of halogens is 3. The first-order chi connectivity index (χ1) is 19.9. The third-order valence-electron chi connectivity index (χ3n) is 7.79. The van der Waals surface area contributed by atoms with E-state index >= 15 is 0 Å². The zero-order valence-corrected chi connectivity index (χ0v) is 24.6. The summed E-state index contributed by atoms with van der Waals surface area (Å²) in [5.74, 6) is -1.85. The van der Waals surface area contributed by atoms with E-state index in [4.69, 9.17) is 4.74 Å². The van der Waals surface area contributed by atoms with Crippen molar-refractivity contribution >= 4 is 38.9 Å². The Hall–Kier alpha value is -3.42. The van der Waals surface area contributed by atoms with E-state index in [0.717, 1.165) is 29.0 Å². The van der Waals surface area contributed by atoms with Gasteiger partial charge in [-0.25, -0.2) is 13.2 Å². The molecule has 1 aromatic heterocycles. The number of benzene rings is 2. The second-order valence-corrected chi connectivity index (χ2v) is 13.6. The molecule has 224 valence electrons. The number of thiophene rings is 1. The molecular formula is C29H30F3N3O5S2. The topological polar surface area (TPSA) is 87.2 Å². The van der Waals surface area contributed by atoms with Gasteiger partial charge in [-0.1, -0.05) is 36.4 Å². The number of hydrogen-bond donors (Lipinski definition) is 0. The lowest BCUT2D eigenvalue weighted by Crippen LogP contribution is -2.51. The predicted octanol–water partition coefficient (Wildman–Crippen LogP) is 4.62. The summed E-state index contributed by atoms with van der Waals surface area (Å²) >= 11 is 0.846. The molecule has 0 bridgehead atoms. The number of amides is 1. The highest BCUT2D eigenvalue weighted by atomic mass is 32.2. The Balaban J connectivity index is 1.35. The van der Waals surface area contributed by atoms with E-state index in [1.54, 1.807) is 17.9 Å². The summed E-state index contributed by atoms with van der Waals surface area (Å²) < 4.78 is 73.3. The maximum absolute atomic E-state index is 13.9. The summed E-state index contributed by atoms with van der Waals surface area (Å²) in [6, 6.07) is 15.9. The van der Waals surface area contributed by atoms with Gasteiger partial charge in [-0.15, -0.1) is 11.3 Å². The molecule has 0 radical (unpaired) electrons. The molecule has 2 aliphatic rings. The molecule has 2 aliphatic heterocycles. The fraction of sp³-hybridized carbons (Fsp3) is 0.379. The highest BCUT2D eigenvalue weighted by molar-refractivity contribution is 7.91. The van der Waals surface area contributed by atoms with Crippen LogP contribution in [-0.2, 0) is 25.7 Å². The maximum Gasteiger partial charge on any atom is 0.416 e. The normalized spacial score (nSPS) is 20.1. The second-order valence-electron chi connectivity index (χ2n) is 10.4. The van der Waals surface area contributed by atoms with Crippen LogP contribution in [0.1, 0.15) is 32.3 Å². The lowest BCUT2D eigenvalue weighted by molar-refractivity contribution is -0.137. The number of methoxy groups -OCH3 is 1. The van der Waals surface area contributed by atoms with Crippen molar-refractivity contribution in [1.29, 1.82) is 0 Å². The number of carbonyl (C=O) groups is 2. The van der Waals surface area contributed by atoms with Gasteiger partial charge in [-0.05, 0) is 42.3 Å². The molecule has 8 nitrogen and oxygen atoms in total. The smallest absolute Gasteiger partial charge is 0.416 e. The van der Waals surface area contributed by atoms with Gasteiger partial charge in [0, 0.05) is 50.9 Å². The number of esters is 1. The van der Waals surface area contributed by atoms with Crippen molar-refractivity contribution in [3.63, 3.8) is 0 Å². The highest BCUT2D eigenvalue weighted by Gasteiger charge is 2.46. The molecule has 13 heteroatoms. The number of aryl methyl sites for hydroxylation is 1. The number of alkyl halides is 3. The molecule has 0 aliphatic carbocycles. The van der Waals surface area contributed by atoms with Crippen LogP contribution in [0.5, 0.6) is 0 Å². The van der Waals surface area contributed by atoms with Gasteiger partial charge < -0.3 is 14.5 Å². The molecular weight excluding hydrogens is 591 g/mol. The van der Waals surface area contributed by atoms with Gasteiger partial charge >= 0.3 is 12.1 Å². The summed E-state index contributed by atoms with van der Waals surface area (Å²) in [5.41, 5.74) is 0.984. The zero-order chi connectivity index (χ0) is 30.2. The molecule has 1 amide bonds. The van der Waals surface area contributed by atoms with Gasteiger partial charge in [0.15, 0.2) is 0 Å². The molecule has 0 N–H and O–H groups in total. The Bertz CT molecular complexity index is 1570. The molecule has 3 heterocycles. The van der Waals surface area contributed by atoms with Crippen LogP contribution < -0.4 is 4.90 Å². The van der Waals surface area contributed by atoms with Gasteiger partial charge in [0.1, 0.15) is 9.09 Å². The first-order valence-electron chi connectivity index (χ1n) is 13.3. The Morgan fingerprint density at radius 2 is 1.64 bits per heavy atom. The van der Waals surface area contributed by atoms with Gasteiger partial charge in [-0.3, -0.25) is 4.79 Å². The maximum atomic E-state index is 13.9. The average molecular weight is 622 g/mol. The van der Waals surface area contributed by atoms with Crippen LogP contribution in [0.2, 0.25) is 0 Å². The molecule has 0 saturated carbocycles. The molecule has 42 heavy (non-hydrogen) atoms. The van der Waals surface area contributed by atoms with Crippen LogP contribution in [0.3, 0.4) is 0 Å².